The SMILES string of the molecule is [2H]c1c([2H])c(OCc2c([2H])c(CN3CCOCC3)c([2H])c([2H])c2F)c2c(c1[2H])C(=O)N(C1C(=O)NC(=O)C([2H])([2H])C1([2H])[2H])C2. The van der Waals surface area contributed by atoms with Gasteiger partial charge in [0.25, 0.3) is 5.91 Å². The Hall–Kier alpha value is -3.30. The van der Waals surface area contributed by atoms with Gasteiger partial charge in [-0.05, 0) is 36.1 Å². The van der Waals surface area contributed by atoms with Crippen LogP contribution in [-0.2, 0) is 34.0 Å². The smallest absolute Gasteiger partial charge is 0.255 e. The molecule has 0 saturated carbocycles. The van der Waals surface area contributed by atoms with Crippen molar-refractivity contribution in [3.05, 3.63) is 64.3 Å². The quantitative estimate of drug-likeness (QED) is 0.641. The number of hydrogen-bond donors (Lipinski definition) is 1. The average molecular weight is 478 g/mol. The second-order valence-electron chi connectivity index (χ2n) is 7.80. The van der Waals surface area contributed by atoms with E-state index < -0.39 is 109 Å². The molecule has 2 saturated heterocycles. The van der Waals surface area contributed by atoms with Crippen molar-refractivity contribution in [2.24, 2.45) is 0 Å². The molecular formula is C25H26FN3O5. The Bertz CT molecular complexity index is 1600. The van der Waals surface area contributed by atoms with Crippen molar-refractivity contribution < 1.29 is 42.0 Å². The minimum absolute atomic E-state index is 0.0617. The lowest BCUT2D eigenvalue weighted by atomic mass is 10.0. The molecule has 0 aliphatic carbocycles. The molecule has 0 radical (unpaired) electrons. The summed E-state index contributed by atoms with van der Waals surface area (Å²) in [7, 11) is 0. The van der Waals surface area contributed by atoms with Gasteiger partial charge in [-0.15, -0.1) is 0 Å². The van der Waals surface area contributed by atoms with Gasteiger partial charge in [0, 0.05) is 48.2 Å². The van der Waals surface area contributed by atoms with Crippen LogP contribution in [0.15, 0.2) is 36.3 Å². The summed E-state index contributed by atoms with van der Waals surface area (Å²) in [6, 6.07) is -6.08. The number of imide groups is 1. The van der Waals surface area contributed by atoms with Crippen LogP contribution < -0.4 is 10.1 Å². The summed E-state index contributed by atoms with van der Waals surface area (Å²) >= 11 is 0. The third-order valence-electron chi connectivity index (χ3n) is 5.60. The number of carbonyl (C=O) groups is 3. The Morgan fingerprint density at radius 1 is 1.21 bits per heavy atom. The monoisotopic (exact) mass is 477 g/mol. The number of ether oxygens (including phenoxy) is 2. The van der Waals surface area contributed by atoms with Crippen LogP contribution in [0.2, 0.25) is 0 Å². The van der Waals surface area contributed by atoms with Crippen molar-refractivity contribution in [1.29, 1.82) is 0 Å². The lowest BCUT2D eigenvalue weighted by Crippen LogP contribution is -2.52. The number of morpholine rings is 1. The van der Waals surface area contributed by atoms with E-state index in [9.17, 15) is 14.4 Å². The number of benzene rings is 2. The number of carbonyl (C=O) groups excluding carboxylic acids is 3. The highest BCUT2D eigenvalue weighted by Crippen LogP contribution is 2.34. The van der Waals surface area contributed by atoms with E-state index in [0.717, 1.165) is 0 Å². The Labute approximate surface area is 210 Å². The molecule has 9 heteroatoms. The summed E-state index contributed by atoms with van der Waals surface area (Å²) in [5.74, 6) is -5.70. The van der Waals surface area contributed by atoms with Gasteiger partial charge in [-0.1, -0.05) is 12.1 Å². The number of piperidine rings is 1. The third kappa shape index (κ3) is 4.53. The fraction of sp³-hybridized carbons (Fsp3) is 0.400. The third-order valence-corrected chi connectivity index (χ3v) is 5.60. The maximum Gasteiger partial charge on any atom is 0.255 e. The molecule has 3 aliphatic heterocycles. The fourth-order valence-corrected chi connectivity index (χ4v) is 3.88. The van der Waals surface area contributed by atoms with Gasteiger partial charge >= 0.3 is 0 Å². The largest absolute Gasteiger partial charge is 0.488 e. The Morgan fingerprint density at radius 2 is 2.03 bits per heavy atom. The molecule has 2 aromatic rings. The van der Waals surface area contributed by atoms with Crippen molar-refractivity contribution in [1.82, 2.24) is 15.1 Å². The minimum atomic E-state index is -3.23. The van der Waals surface area contributed by atoms with Crippen LogP contribution in [-0.4, -0.2) is 59.9 Å². The first kappa shape index (κ1) is 13.6. The number of hydrogen-bond acceptors (Lipinski definition) is 6. The zero-order valence-electron chi connectivity index (χ0n) is 27.8. The maximum atomic E-state index is 15.2. The number of halogens is 1. The van der Waals surface area contributed by atoms with Crippen molar-refractivity contribution in [2.75, 3.05) is 26.3 Å². The molecule has 2 fully saturated rings. The van der Waals surface area contributed by atoms with Gasteiger partial charge in [0.15, 0.2) is 0 Å². The Kier molecular flexibility index (Phi) is 3.79. The Morgan fingerprint density at radius 3 is 2.85 bits per heavy atom. The molecule has 34 heavy (non-hydrogen) atoms. The average Bonchev–Trinajstić information content (AvgIpc) is 3.30. The van der Waals surface area contributed by atoms with E-state index >= 15 is 4.39 Å². The van der Waals surface area contributed by atoms with Crippen LogP contribution in [0.1, 0.15) is 53.5 Å². The van der Waals surface area contributed by atoms with Gasteiger partial charge in [-0.2, -0.15) is 0 Å². The highest BCUT2D eigenvalue weighted by atomic mass is 19.1. The first-order valence-corrected chi connectivity index (χ1v) is 10.5. The van der Waals surface area contributed by atoms with Crippen LogP contribution in [0.5, 0.6) is 5.75 Å². The number of nitrogens with zero attached hydrogens (tertiary/aromatic N) is 2. The molecule has 3 amide bonds. The molecule has 2 aromatic carbocycles. The molecule has 1 atom stereocenters. The predicted molar refractivity (Wildman–Crippen MR) is 119 cm³/mol. The van der Waals surface area contributed by atoms with E-state index in [1.807, 2.05) is 4.90 Å². The molecular weight excluding hydrogens is 441 g/mol. The van der Waals surface area contributed by atoms with Crippen LogP contribution in [0.3, 0.4) is 0 Å². The first-order chi connectivity index (χ1) is 20.5. The highest BCUT2D eigenvalue weighted by molar-refractivity contribution is 6.05. The number of nitrogens with one attached hydrogen (secondary N) is 1. The summed E-state index contributed by atoms with van der Waals surface area (Å²) in [6.45, 7) is 0.430. The predicted octanol–water partition coefficient (Wildman–Crippen LogP) is 2.00. The molecule has 8 nitrogen and oxygen atoms in total. The summed E-state index contributed by atoms with van der Waals surface area (Å²) in [5, 5.41) is 1.71. The molecule has 178 valence electrons. The molecule has 3 aliphatic rings. The molecule has 5 rings (SSSR count). The van der Waals surface area contributed by atoms with Crippen molar-refractivity contribution in [3.8, 4) is 5.75 Å². The van der Waals surface area contributed by atoms with Crippen LogP contribution in [0.4, 0.5) is 4.39 Å². The van der Waals surface area contributed by atoms with Crippen molar-refractivity contribution in [3.63, 3.8) is 0 Å². The van der Waals surface area contributed by atoms with Gasteiger partial charge in [-0.25, -0.2) is 4.39 Å². The first-order valence-electron chi connectivity index (χ1n) is 15.5. The van der Waals surface area contributed by atoms with Crippen LogP contribution >= 0.6 is 0 Å². The minimum Gasteiger partial charge on any atom is -0.488 e. The van der Waals surface area contributed by atoms with E-state index in [-0.39, 0.29) is 17.7 Å². The summed E-state index contributed by atoms with van der Waals surface area (Å²) < 4.78 is 108. The normalized spacial score (nSPS) is 28.1. The second kappa shape index (κ2) is 9.52. The lowest BCUT2D eigenvalue weighted by Gasteiger charge is -2.29. The molecule has 3 heterocycles. The molecule has 1 unspecified atom stereocenters. The molecule has 0 bridgehead atoms. The van der Waals surface area contributed by atoms with Crippen molar-refractivity contribution in [2.45, 2.75) is 38.5 Å². The summed E-state index contributed by atoms with van der Waals surface area (Å²) in [4.78, 5) is 40.7. The van der Waals surface area contributed by atoms with E-state index in [1.165, 1.54) is 0 Å². The van der Waals surface area contributed by atoms with Gasteiger partial charge in [0.1, 0.15) is 24.2 Å². The van der Waals surface area contributed by atoms with Gasteiger partial charge in [0.05, 0.1) is 28.0 Å². The topological polar surface area (TPSA) is 88.2 Å². The van der Waals surface area contributed by atoms with Gasteiger partial charge in [-0.3, -0.25) is 24.6 Å². The van der Waals surface area contributed by atoms with Gasteiger partial charge in [0.2, 0.25) is 11.8 Å². The van der Waals surface area contributed by atoms with E-state index in [1.54, 1.807) is 5.32 Å². The molecule has 0 spiro atoms. The van der Waals surface area contributed by atoms with E-state index in [2.05, 4.69) is 0 Å². The number of rotatable bonds is 6. The zero-order valence-corrected chi connectivity index (χ0v) is 17.8. The summed E-state index contributed by atoms with van der Waals surface area (Å²) in [6.07, 6.45) is -6.45. The van der Waals surface area contributed by atoms with Crippen LogP contribution in [0, 0.1) is 5.82 Å². The molecule has 0 aromatic heterocycles. The number of amides is 3. The molecule has 1 N–H and O–H groups in total. The standard InChI is InChI=1S/C25H26FN3O5/c26-20-5-4-16(13-28-8-10-33-11-9-28)12-17(20)15-34-22-3-1-2-18-19(22)14-29(25(18)32)21-6-7-23(30)27-24(21)31/h1-5,12,21H,6-11,13-15H2,(H,27,30,31)/i1D,2D,3D,4D,5D,6D2,7D2,12D. The second-order valence-corrected chi connectivity index (χ2v) is 7.80. The Balaban J connectivity index is 1.52. The number of fused-ring (bicyclic) bond motifs is 1. The zero-order chi connectivity index (χ0) is 32.5. The van der Waals surface area contributed by atoms with Crippen LogP contribution in [0.25, 0.3) is 0 Å². The lowest BCUT2D eigenvalue weighted by molar-refractivity contribution is -0.136. The maximum absolute atomic E-state index is 15.2. The van der Waals surface area contributed by atoms with Gasteiger partial charge < -0.3 is 14.4 Å². The fourth-order valence-electron chi connectivity index (χ4n) is 3.88. The highest BCUT2D eigenvalue weighted by Gasteiger charge is 2.40. The van der Waals surface area contributed by atoms with E-state index in [0.29, 0.717) is 31.2 Å². The summed E-state index contributed by atoms with van der Waals surface area (Å²) in [5.41, 5.74) is -1.12. The van der Waals surface area contributed by atoms with Crippen molar-refractivity contribution >= 4 is 17.7 Å². The van der Waals surface area contributed by atoms with E-state index in [4.69, 9.17) is 23.2 Å².